The van der Waals surface area contributed by atoms with Crippen molar-refractivity contribution in [1.82, 2.24) is 8.75 Å². The maximum Gasteiger partial charge on any atom is 0.144 e. The van der Waals surface area contributed by atoms with Crippen LogP contribution < -0.4 is 5.46 Å². The van der Waals surface area contributed by atoms with Crippen LogP contribution in [0.1, 0.15) is 11.1 Å². The first kappa shape index (κ1) is 10.1. The van der Waals surface area contributed by atoms with Crippen LogP contribution in [0.2, 0.25) is 0 Å². The van der Waals surface area contributed by atoms with E-state index in [1.165, 1.54) is 0 Å². The van der Waals surface area contributed by atoms with E-state index in [1.54, 1.807) is 7.85 Å². The number of aromatic nitrogens is 2. The van der Waals surface area contributed by atoms with E-state index < -0.39 is 0 Å². The predicted molar refractivity (Wildman–Crippen MR) is 62.7 cm³/mol. The highest BCUT2D eigenvalue weighted by molar-refractivity contribution is 9.10. The van der Waals surface area contributed by atoms with Crippen molar-refractivity contribution in [3.63, 3.8) is 0 Å². The third-order valence-electron chi connectivity index (χ3n) is 2.12. The van der Waals surface area contributed by atoms with Crippen LogP contribution in [-0.2, 0) is 0 Å². The van der Waals surface area contributed by atoms with Crippen LogP contribution in [0.3, 0.4) is 0 Å². The van der Waals surface area contributed by atoms with Crippen LogP contribution in [0.25, 0.3) is 11.0 Å². The quantitative estimate of drug-likeness (QED) is 0.655. The molecule has 0 aliphatic carbocycles. The van der Waals surface area contributed by atoms with Gasteiger partial charge in [0.25, 0.3) is 0 Å². The van der Waals surface area contributed by atoms with E-state index >= 15 is 0 Å². The second-order valence-electron chi connectivity index (χ2n) is 2.87. The van der Waals surface area contributed by atoms with Crippen LogP contribution in [-0.4, -0.2) is 16.6 Å². The van der Waals surface area contributed by atoms with Crippen molar-refractivity contribution in [1.29, 1.82) is 10.5 Å². The van der Waals surface area contributed by atoms with Gasteiger partial charge in [0.2, 0.25) is 0 Å². The Bertz CT molecular complexity index is 583. The van der Waals surface area contributed by atoms with Crippen LogP contribution in [0.4, 0.5) is 0 Å². The molecule has 0 saturated carbocycles. The second-order valence-corrected chi connectivity index (χ2v) is 4.20. The molecular weight excluding hydrogens is 275 g/mol. The standard InChI is InChI=1S/C8H2BBrN4S/c9-5-3(1-11)4(2-12)6(10)8-7(5)13-15-14-8/h9H2. The molecule has 0 radical (unpaired) electrons. The van der Waals surface area contributed by atoms with Gasteiger partial charge in [-0.2, -0.15) is 19.3 Å². The number of fused-ring (bicyclic) bond motifs is 1. The lowest BCUT2D eigenvalue weighted by molar-refractivity contribution is 1.43. The molecule has 7 heteroatoms. The van der Waals surface area contributed by atoms with Gasteiger partial charge in [-0.05, 0) is 21.4 Å². The minimum atomic E-state index is 0.329. The van der Waals surface area contributed by atoms with Crippen molar-refractivity contribution in [2.75, 3.05) is 0 Å². The lowest BCUT2D eigenvalue weighted by Crippen LogP contribution is -2.12. The summed E-state index contributed by atoms with van der Waals surface area (Å²) in [6.07, 6.45) is 0. The molecule has 0 unspecified atom stereocenters. The number of nitrogens with zero attached hydrogens (tertiary/aromatic N) is 4. The number of hydrogen-bond acceptors (Lipinski definition) is 5. The Morgan fingerprint density at radius 2 is 1.73 bits per heavy atom. The highest BCUT2D eigenvalue weighted by atomic mass is 79.9. The zero-order valence-corrected chi connectivity index (χ0v) is 9.98. The molecule has 1 aromatic heterocycles. The van der Waals surface area contributed by atoms with E-state index in [0.717, 1.165) is 11.7 Å². The molecule has 2 rings (SSSR count). The van der Waals surface area contributed by atoms with Crippen LogP contribution in [0.5, 0.6) is 0 Å². The average Bonchev–Trinajstić information content (AvgIpc) is 2.72. The molecule has 4 nitrogen and oxygen atoms in total. The summed E-state index contributed by atoms with van der Waals surface area (Å²) in [6, 6.07) is 4.03. The summed E-state index contributed by atoms with van der Waals surface area (Å²) >= 11 is 4.35. The normalized spacial score (nSPS) is 9.80. The Labute approximate surface area is 99.0 Å². The van der Waals surface area contributed by atoms with Crippen LogP contribution in [0.15, 0.2) is 4.47 Å². The molecule has 0 amide bonds. The van der Waals surface area contributed by atoms with Gasteiger partial charge in [-0.25, -0.2) is 0 Å². The fraction of sp³-hybridized carbons (Fsp3) is 0. The van der Waals surface area contributed by atoms with Gasteiger partial charge in [0.15, 0.2) is 0 Å². The summed E-state index contributed by atoms with van der Waals surface area (Å²) in [7, 11) is 1.77. The molecule has 2 aromatic rings. The lowest BCUT2D eigenvalue weighted by atomic mass is 9.87. The largest absolute Gasteiger partial charge is 0.192 e. The van der Waals surface area contributed by atoms with E-state index in [9.17, 15) is 0 Å². The molecule has 15 heavy (non-hydrogen) atoms. The van der Waals surface area contributed by atoms with Gasteiger partial charge in [0.05, 0.1) is 27.3 Å². The van der Waals surface area contributed by atoms with Crippen LogP contribution in [0, 0.1) is 22.7 Å². The monoisotopic (exact) mass is 276 g/mol. The fourth-order valence-electron chi connectivity index (χ4n) is 1.36. The first-order chi connectivity index (χ1) is 7.20. The summed E-state index contributed by atoms with van der Waals surface area (Å²) in [5, 5.41) is 18.0. The molecule has 70 valence electrons. The number of hydrogen-bond donors (Lipinski definition) is 0. The zero-order valence-electron chi connectivity index (χ0n) is 7.58. The van der Waals surface area contributed by atoms with Gasteiger partial charge >= 0.3 is 0 Å². The maximum atomic E-state index is 8.99. The van der Waals surface area contributed by atoms with Gasteiger partial charge in [0, 0.05) is 0 Å². The van der Waals surface area contributed by atoms with Gasteiger partial charge in [-0.3, -0.25) is 0 Å². The van der Waals surface area contributed by atoms with E-state index in [0.29, 0.717) is 32.1 Å². The Morgan fingerprint density at radius 1 is 1.13 bits per heavy atom. The molecule has 1 aromatic carbocycles. The molecule has 0 aliphatic heterocycles. The Kier molecular flexibility index (Phi) is 2.43. The van der Waals surface area contributed by atoms with Crippen molar-refractivity contribution in [2.45, 2.75) is 0 Å². The molecule has 0 atom stereocenters. The lowest BCUT2D eigenvalue weighted by Gasteiger charge is -2.03. The van der Waals surface area contributed by atoms with Crippen molar-refractivity contribution in [3.05, 3.63) is 15.6 Å². The molecule has 0 aliphatic rings. The molecule has 0 bridgehead atoms. The molecule has 0 saturated heterocycles. The van der Waals surface area contributed by atoms with Gasteiger partial charge in [-0.15, -0.1) is 0 Å². The number of halogens is 1. The zero-order chi connectivity index (χ0) is 11.0. The number of rotatable bonds is 0. The SMILES string of the molecule is Bc1c(C#N)c(C#N)c(Br)c2nsnc12. The molecular formula is C8H2BBrN4S. The van der Waals surface area contributed by atoms with Crippen molar-refractivity contribution >= 4 is 52.0 Å². The first-order valence-corrected chi connectivity index (χ1v) is 5.47. The molecule has 0 fully saturated rings. The summed E-state index contributed by atoms with van der Waals surface area (Å²) in [5.74, 6) is 0. The average molecular weight is 277 g/mol. The second kappa shape index (κ2) is 3.61. The van der Waals surface area contributed by atoms with Gasteiger partial charge < -0.3 is 0 Å². The van der Waals surface area contributed by atoms with Gasteiger partial charge in [0.1, 0.15) is 31.0 Å². The van der Waals surface area contributed by atoms with Crippen molar-refractivity contribution in [2.24, 2.45) is 0 Å². The Hall–Kier alpha value is -1.44. The molecule has 0 N–H and O–H groups in total. The highest BCUT2D eigenvalue weighted by Gasteiger charge is 2.17. The Morgan fingerprint density at radius 3 is 2.33 bits per heavy atom. The number of benzene rings is 1. The molecule has 0 spiro atoms. The van der Waals surface area contributed by atoms with E-state index in [1.807, 2.05) is 12.1 Å². The summed E-state index contributed by atoms with van der Waals surface area (Å²) in [6.45, 7) is 0. The van der Waals surface area contributed by atoms with Gasteiger partial charge in [-0.1, -0.05) is 0 Å². The minimum Gasteiger partial charge on any atom is -0.192 e. The smallest absolute Gasteiger partial charge is 0.144 e. The summed E-state index contributed by atoms with van der Waals surface area (Å²) < 4.78 is 8.74. The summed E-state index contributed by atoms with van der Waals surface area (Å²) in [5.41, 5.74) is 2.73. The van der Waals surface area contributed by atoms with Crippen molar-refractivity contribution in [3.8, 4) is 12.1 Å². The fourth-order valence-corrected chi connectivity index (χ4v) is 2.64. The molecule has 1 heterocycles. The van der Waals surface area contributed by atoms with Crippen LogP contribution >= 0.6 is 27.7 Å². The third kappa shape index (κ3) is 1.32. The maximum absolute atomic E-state index is 8.99. The topological polar surface area (TPSA) is 73.4 Å². The highest BCUT2D eigenvalue weighted by Crippen LogP contribution is 2.26. The number of nitriles is 2. The summed E-state index contributed by atoms with van der Waals surface area (Å²) in [4.78, 5) is 0. The third-order valence-corrected chi connectivity index (χ3v) is 3.42. The first-order valence-electron chi connectivity index (χ1n) is 3.95. The predicted octanol–water partition coefficient (Wildman–Crippen LogP) is 0.456. The van der Waals surface area contributed by atoms with E-state index in [4.69, 9.17) is 10.5 Å². The van der Waals surface area contributed by atoms with E-state index in [2.05, 4.69) is 24.7 Å². The minimum absolute atomic E-state index is 0.329. The van der Waals surface area contributed by atoms with E-state index in [-0.39, 0.29) is 0 Å². The van der Waals surface area contributed by atoms with Crippen molar-refractivity contribution < 1.29 is 0 Å². The Balaban J connectivity index is 3.07.